The zero-order valence-electron chi connectivity index (χ0n) is 6.56. The van der Waals surface area contributed by atoms with E-state index in [1.807, 2.05) is 0 Å². The van der Waals surface area contributed by atoms with Crippen LogP contribution < -0.4 is 5.69 Å². The molecule has 5 nitrogen and oxygen atoms in total. The molecule has 0 amide bonds. The van der Waals surface area contributed by atoms with Crippen molar-refractivity contribution in [1.29, 1.82) is 0 Å². The molecule has 0 aliphatic rings. The third kappa shape index (κ3) is 1.68. The maximum atomic E-state index is 11.1. The van der Waals surface area contributed by atoms with Crippen LogP contribution in [-0.4, -0.2) is 25.6 Å². The Balaban J connectivity index is 2.88. The minimum atomic E-state index is -0.539. The van der Waals surface area contributed by atoms with E-state index in [-0.39, 0.29) is 12.2 Å². The third-order valence-corrected chi connectivity index (χ3v) is 1.32. The molecule has 1 aromatic rings. The number of nitrogens with zero attached hydrogens (tertiary/aromatic N) is 3. The van der Waals surface area contributed by atoms with Gasteiger partial charge in [-0.05, 0) is 6.92 Å². The van der Waals surface area contributed by atoms with E-state index in [0.717, 1.165) is 0 Å². The molecule has 1 aromatic heterocycles. The molecule has 5 heteroatoms. The number of hydrogen-bond acceptors (Lipinski definition) is 3. The fourth-order valence-corrected chi connectivity index (χ4v) is 0.796. The Morgan fingerprint density at radius 2 is 2.45 bits per heavy atom. The minimum Gasteiger partial charge on any atom is -0.391 e. The molecular formula is C6H11N3O2. The summed E-state index contributed by atoms with van der Waals surface area (Å²) in [5.41, 5.74) is -0.203. The highest BCUT2D eigenvalue weighted by molar-refractivity contribution is 4.65. The summed E-state index contributed by atoms with van der Waals surface area (Å²) in [5.74, 6) is 0. The Morgan fingerprint density at radius 1 is 1.82 bits per heavy atom. The molecule has 1 heterocycles. The van der Waals surface area contributed by atoms with Crippen molar-refractivity contribution in [2.24, 2.45) is 7.05 Å². The van der Waals surface area contributed by atoms with Gasteiger partial charge >= 0.3 is 5.69 Å². The normalized spacial score (nSPS) is 13.4. The lowest BCUT2D eigenvalue weighted by molar-refractivity contribution is 0.166. The monoisotopic (exact) mass is 157 g/mol. The SMILES string of the molecule is C[C@@H](O)Cn1ncn(C)c1=O. The number of aromatic nitrogens is 3. The van der Waals surface area contributed by atoms with E-state index in [2.05, 4.69) is 5.10 Å². The lowest BCUT2D eigenvalue weighted by atomic mass is 10.4. The van der Waals surface area contributed by atoms with E-state index < -0.39 is 6.10 Å². The van der Waals surface area contributed by atoms with Gasteiger partial charge in [-0.25, -0.2) is 9.48 Å². The second-order valence-corrected chi connectivity index (χ2v) is 2.56. The Hall–Kier alpha value is -1.10. The van der Waals surface area contributed by atoms with Gasteiger partial charge in [-0.3, -0.25) is 4.57 Å². The second kappa shape index (κ2) is 2.87. The molecule has 62 valence electrons. The molecule has 0 aromatic carbocycles. The molecular weight excluding hydrogens is 146 g/mol. The maximum Gasteiger partial charge on any atom is 0.345 e. The van der Waals surface area contributed by atoms with E-state index in [4.69, 9.17) is 5.11 Å². The van der Waals surface area contributed by atoms with Crippen LogP contribution in [0.5, 0.6) is 0 Å². The van der Waals surface area contributed by atoms with Crippen LogP contribution in [0, 0.1) is 0 Å². The maximum absolute atomic E-state index is 11.1. The van der Waals surface area contributed by atoms with Crippen LogP contribution in [0.3, 0.4) is 0 Å². The Morgan fingerprint density at radius 3 is 2.82 bits per heavy atom. The lowest BCUT2D eigenvalue weighted by Crippen LogP contribution is -2.27. The predicted molar refractivity (Wildman–Crippen MR) is 39.1 cm³/mol. The van der Waals surface area contributed by atoms with E-state index in [9.17, 15) is 4.79 Å². The minimum absolute atomic E-state index is 0.203. The fourth-order valence-electron chi connectivity index (χ4n) is 0.796. The largest absolute Gasteiger partial charge is 0.391 e. The van der Waals surface area contributed by atoms with Crippen LogP contribution in [0.15, 0.2) is 11.1 Å². The van der Waals surface area contributed by atoms with Crippen molar-refractivity contribution in [3.63, 3.8) is 0 Å². The molecule has 0 radical (unpaired) electrons. The number of aryl methyl sites for hydroxylation is 1. The highest BCUT2D eigenvalue weighted by atomic mass is 16.3. The van der Waals surface area contributed by atoms with Gasteiger partial charge in [-0.15, -0.1) is 0 Å². The lowest BCUT2D eigenvalue weighted by Gasteiger charge is -2.00. The molecule has 0 aliphatic carbocycles. The highest BCUT2D eigenvalue weighted by Crippen LogP contribution is 1.83. The average molecular weight is 157 g/mol. The molecule has 1 N–H and O–H groups in total. The van der Waals surface area contributed by atoms with Crippen molar-refractivity contribution in [2.45, 2.75) is 19.6 Å². The van der Waals surface area contributed by atoms with Gasteiger partial charge < -0.3 is 5.11 Å². The molecule has 0 aliphatic heterocycles. The zero-order valence-corrected chi connectivity index (χ0v) is 6.56. The van der Waals surface area contributed by atoms with Crippen molar-refractivity contribution >= 4 is 0 Å². The molecule has 0 bridgehead atoms. The summed E-state index contributed by atoms with van der Waals surface area (Å²) in [5, 5.41) is 12.7. The first-order valence-electron chi connectivity index (χ1n) is 3.37. The van der Waals surface area contributed by atoms with Gasteiger partial charge in [0.2, 0.25) is 0 Å². The first-order chi connectivity index (χ1) is 5.11. The molecule has 0 fully saturated rings. The van der Waals surface area contributed by atoms with Crippen molar-refractivity contribution in [2.75, 3.05) is 0 Å². The molecule has 11 heavy (non-hydrogen) atoms. The van der Waals surface area contributed by atoms with E-state index >= 15 is 0 Å². The molecule has 1 atom stereocenters. The van der Waals surface area contributed by atoms with Crippen molar-refractivity contribution in [1.82, 2.24) is 14.3 Å². The number of hydrogen-bond donors (Lipinski definition) is 1. The Bertz CT molecular complexity index is 286. The van der Waals surface area contributed by atoms with E-state index in [0.29, 0.717) is 0 Å². The van der Waals surface area contributed by atoms with Crippen LogP contribution in [0.25, 0.3) is 0 Å². The standard InChI is InChI=1S/C6H11N3O2/c1-5(10)3-9-6(11)8(2)4-7-9/h4-5,10H,3H2,1-2H3/t5-/m1/s1. The van der Waals surface area contributed by atoms with Gasteiger partial charge in [0, 0.05) is 7.05 Å². The summed E-state index contributed by atoms with van der Waals surface area (Å²) in [6.45, 7) is 1.86. The fraction of sp³-hybridized carbons (Fsp3) is 0.667. The van der Waals surface area contributed by atoms with Gasteiger partial charge in [0.1, 0.15) is 6.33 Å². The van der Waals surface area contributed by atoms with Crippen LogP contribution >= 0.6 is 0 Å². The van der Waals surface area contributed by atoms with Crippen molar-refractivity contribution < 1.29 is 5.11 Å². The van der Waals surface area contributed by atoms with Crippen molar-refractivity contribution in [3.8, 4) is 0 Å². The first kappa shape index (κ1) is 8.00. The molecule has 0 saturated heterocycles. The number of aliphatic hydroxyl groups is 1. The highest BCUT2D eigenvalue weighted by Gasteiger charge is 2.03. The number of rotatable bonds is 2. The Labute approximate surface area is 63.9 Å². The van der Waals surface area contributed by atoms with Crippen LogP contribution in [0.2, 0.25) is 0 Å². The average Bonchev–Trinajstić information content (AvgIpc) is 2.18. The van der Waals surface area contributed by atoms with Crippen LogP contribution in [-0.2, 0) is 13.6 Å². The molecule has 0 spiro atoms. The smallest absolute Gasteiger partial charge is 0.345 e. The summed E-state index contributed by atoms with van der Waals surface area (Å²) < 4.78 is 2.59. The van der Waals surface area contributed by atoms with E-state index in [1.165, 1.54) is 15.6 Å². The van der Waals surface area contributed by atoms with Crippen molar-refractivity contribution in [3.05, 3.63) is 16.8 Å². The van der Waals surface area contributed by atoms with E-state index in [1.54, 1.807) is 14.0 Å². The quantitative estimate of drug-likeness (QED) is 0.596. The summed E-state index contributed by atoms with van der Waals surface area (Å²) in [7, 11) is 1.62. The van der Waals surface area contributed by atoms with Gasteiger partial charge in [-0.1, -0.05) is 0 Å². The predicted octanol–water partition coefficient (Wildman–Crippen LogP) is -1.04. The summed E-state index contributed by atoms with van der Waals surface area (Å²) >= 11 is 0. The van der Waals surface area contributed by atoms with Gasteiger partial charge in [0.15, 0.2) is 0 Å². The Kier molecular flexibility index (Phi) is 2.09. The van der Waals surface area contributed by atoms with Gasteiger partial charge in [0.25, 0.3) is 0 Å². The topological polar surface area (TPSA) is 60.0 Å². The third-order valence-electron chi connectivity index (χ3n) is 1.32. The molecule has 0 unspecified atom stereocenters. The summed E-state index contributed by atoms with van der Waals surface area (Å²) in [6.07, 6.45) is 0.882. The summed E-state index contributed by atoms with van der Waals surface area (Å²) in [6, 6.07) is 0. The zero-order chi connectivity index (χ0) is 8.43. The van der Waals surface area contributed by atoms with Crippen LogP contribution in [0.4, 0.5) is 0 Å². The van der Waals surface area contributed by atoms with Gasteiger partial charge in [-0.2, -0.15) is 5.10 Å². The van der Waals surface area contributed by atoms with Gasteiger partial charge in [0.05, 0.1) is 12.6 Å². The first-order valence-corrected chi connectivity index (χ1v) is 3.37. The second-order valence-electron chi connectivity index (χ2n) is 2.56. The van der Waals surface area contributed by atoms with Crippen LogP contribution in [0.1, 0.15) is 6.92 Å². The summed E-state index contributed by atoms with van der Waals surface area (Å²) in [4.78, 5) is 11.1. The molecule has 0 saturated carbocycles. The number of aliphatic hydroxyl groups excluding tert-OH is 1. The molecule has 1 rings (SSSR count).